The van der Waals surface area contributed by atoms with Crippen LogP contribution >= 0.6 is 47.5 Å². The fourth-order valence-corrected chi connectivity index (χ4v) is 26.9. The van der Waals surface area contributed by atoms with Crippen molar-refractivity contribution in [1.29, 1.82) is 0 Å². The number of benzene rings is 18. The zero-order valence-corrected chi connectivity index (χ0v) is 77.3. The first-order chi connectivity index (χ1) is 56.7. The molecule has 0 atom stereocenters. The maximum absolute atomic E-state index is 2.23. The summed E-state index contributed by atoms with van der Waals surface area (Å²) in [5.74, 6) is 0. The molecule has 0 fully saturated rings. The van der Waals surface area contributed by atoms with Crippen molar-refractivity contribution in [2.24, 2.45) is 0 Å². The predicted octanol–water partition coefficient (Wildman–Crippen LogP) is 17.8. The summed E-state index contributed by atoms with van der Waals surface area (Å²) < 4.78 is 0. The summed E-state index contributed by atoms with van der Waals surface area (Å²) in [6.45, 7) is 0. The Hall–Kier alpha value is -8.58. The molecule has 9 heteroatoms. The normalized spacial score (nSPS) is 10.3. The van der Waals surface area contributed by atoms with Gasteiger partial charge in [-0.25, -0.2) is 0 Å². The molecule has 0 amide bonds. The summed E-state index contributed by atoms with van der Waals surface area (Å²) in [7, 11) is -2.68. The van der Waals surface area contributed by atoms with Crippen molar-refractivity contribution in [3.8, 4) is 0 Å². The number of rotatable bonds is 18. The van der Waals surface area contributed by atoms with Gasteiger partial charge in [0.15, 0.2) is 0 Å². The molecule has 18 aromatic carbocycles. The topological polar surface area (TPSA) is 0 Å². The van der Waals surface area contributed by atoms with Crippen molar-refractivity contribution in [3.63, 3.8) is 0 Å². The maximum atomic E-state index is 2.23. The van der Waals surface area contributed by atoms with Crippen LogP contribution in [-0.4, -0.2) is 0 Å². The molecule has 0 spiro atoms. The van der Waals surface area contributed by atoms with Crippen LogP contribution < -0.4 is 147 Å². The van der Waals surface area contributed by atoms with E-state index in [0.717, 1.165) is 0 Å². The van der Waals surface area contributed by atoms with Gasteiger partial charge in [0.05, 0.1) is 0 Å². The van der Waals surface area contributed by atoms with E-state index in [2.05, 4.69) is 546 Å². The molecule has 18 aromatic rings. The van der Waals surface area contributed by atoms with Gasteiger partial charge in [0, 0.05) is 39.0 Å². The molecule has 0 N–H and O–H groups in total. The van der Waals surface area contributed by atoms with Gasteiger partial charge in [0.25, 0.3) is 0 Å². The first-order valence-corrected chi connectivity index (χ1v) is 46.5. The van der Waals surface area contributed by atoms with E-state index in [0.29, 0.717) is 0 Å². The van der Waals surface area contributed by atoms with Crippen LogP contribution in [0.3, 0.4) is 0 Å². The van der Waals surface area contributed by atoms with E-state index in [9.17, 15) is 0 Å². The van der Waals surface area contributed by atoms with Crippen molar-refractivity contribution in [3.05, 3.63) is 546 Å². The zero-order chi connectivity index (χ0) is 77.5. The third-order valence-electron chi connectivity index (χ3n) is 18.3. The Balaban J connectivity index is 0.000000160. The van der Waals surface area contributed by atoms with Gasteiger partial charge in [-0.05, 0) is 143 Å². The van der Waals surface area contributed by atoms with Gasteiger partial charge in [0.1, 0.15) is 0 Å². The molecule has 0 saturated carbocycles. The van der Waals surface area contributed by atoms with E-state index in [4.69, 9.17) is 0 Å². The SMILES string of the molecule is [H-].[K+].[Ru].[Ru].c1ccc(P(c2ccccc2)c2ccccc2)cc1.c1ccc(P(c2ccccc2)c2ccccc2)cc1.c1ccc(P(c2ccccc2)c2ccccc2)cc1.c1ccc(P(c2ccccc2)c2ccccc2)cc1.c1ccc(P(c2ccccc2)c2ccccc2)cc1.c1ccc(P(c2ccccc2)c2ccccc2)cc1. The molecule has 0 heterocycles. The second-order valence-corrected chi connectivity index (χ2v) is 39.4. The molecule has 18 rings (SSSR count). The first-order valence-electron chi connectivity index (χ1n) is 38.4. The minimum atomic E-state index is -0.446. The fourth-order valence-electron chi connectivity index (χ4n) is 13.1. The van der Waals surface area contributed by atoms with E-state index >= 15 is 0 Å². The Bertz CT molecular complexity index is 4090. The molecule has 0 aliphatic carbocycles. The third kappa shape index (κ3) is 27.7. The summed E-state index contributed by atoms with van der Waals surface area (Å²) in [6, 6.07) is 194. The van der Waals surface area contributed by atoms with Gasteiger partial charge in [-0.2, -0.15) is 0 Å². The van der Waals surface area contributed by atoms with Gasteiger partial charge < -0.3 is 1.43 Å². The molecule has 0 aliphatic heterocycles. The molecule has 0 bridgehead atoms. The minimum absolute atomic E-state index is 0. The fraction of sp³-hybridized carbons (Fsp3) is 0. The molecule has 0 nitrogen and oxygen atoms in total. The molecular formula is C108H91KP6Ru2. The third-order valence-corrected chi connectivity index (χ3v) is 32.9. The Labute approximate surface area is 772 Å². The molecule has 0 unspecified atom stereocenters. The van der Waals surface area contributed by atoms with Gasteiger partial charge >= 0.3 is 51.4 Å². The minimum Gasteiger partial charge on any atom is -1.00 e. The number of hydrogen-bond acceptors (Lipinski definition) is 0. The second-order valence-electron chi connectivity index (χ2n) is 26.1. The molecule has 570 valence electrons. The molecule has 0 saturated heterocycles. The van der Waals surface area contributed by atoms with Crippen LogP contribution in [0.1, 0.15) is 1.43 Å². The summed E-state index contributed by atoms with van der Waals surface area (Å²) in [5, 5.41) is 25.2. The second kappa shape index (κ2) is 51.7. The standard InChI is InChI=1S/6C18H15P.K.2Ru.H/c6*1-4-10-16(11-5-1)19(17-12-6-2-7-13-17)18-14-8-3-9-15-18;;;;/h6*1-15H;;;;/q;;;;;;+1;;;-1. The average molecular weight is 1820 g/mol. The summed E-state index contributed by atoms with van der Waals surface area (Å²) in [6.07, 6.45) is 0. The zero-order valence-electron chi connectivity index (χ0n) is 66.4. The molecule has 0 aromatic heterocycles. The Morgan fingerprint density at radius 2 is 0.128 bits per heavy atom. The number of hydrogen-bond donors (Lipinski definition) is 0. The van der Waals surface area contributed by atoms with E-state index in [1.165, 1.54) is 95.5 Å². The van der Waals surface area contributed by atoms with Crippen molar-refractivity contribution in [2.45, 2.75) is 0 Å². The van der Waals surface area contributed by atoms with E-state index in [1.54, 1.807) is 0 Å². The summed E-state index contributed by atoms with van der Waals surface area (Å²) >= 11 is 0. The predicted molar refractivity (Wildman–Crippen MR) is 512 cm³/mol. The van der Waals surface area contributed by atoms with Gasteiger partial charge in [0.2, 0.25) is 0 Å². The van der Waals surface area contributed by atoms with Crippen LogP contribution in [0.5, 0.6) is 0 Å². The van der Waals surface area contributed by atoms with Gasteiger partial charge in [-0.3, -0.25) is 0 Å². The van der Waals surface area contributed by atoms with Gasteiger partial charge in [-0.15, -0.1) is 0 Å². The molecule has 0 radical (unpaired) electrons. The quantitative estimate of drug-likeness (QED) is 0.0593. The van der Waals surface area contributed by atoms with Crippen LogP contribution in [0, 0.1) is 0 Å². The van der Waals surface area contributed by atoms with Crippen LogP contribution in [0.15, 0.2) is 546 Å². The largest absolute Gasteiger partial charge is 1.00 e. The smallest absolute Gasteiger partial charge is 1.00 e. The Kier molecular flexibility index (Phi) is 40.1. The van der Waals surface area contributed by atoms with E-state index in [-0.39, 0.29) is 91.8 Å². The van der Waals surface area contributed by atoms with Crippen molar-refractivity contribution in [1.82, 2.24) is 0 Å². The Morgan fingerprint density at radius 3 is 0.171 bits per heavy atom. The molecular weight excluding hydrogens is 1720 g/mol. The summed E-state index contributed by atoms with van der Waals surface area (Å²) in [5.41, 5.74) is 0. The monoisotopic (exact) mass is 1820 g/mol. The Morgan fingerprint density at radius 1 is 0.0855 bits per heavy atom. The van der Waals surface area contributed by atoms with Crippen LogP contribution in [0.25, 0.3) is 0 Å². The van der Waals surface area contributed by atoms with E-state index < -0.39 is 47.5 Å². The van der Waals surface area contributed by atoms with Crippen LogP contribution in [0.2, 0.25) is 0 Å². The van der Waals surface area contributed by atoms with Crippen LogP contribution in [-0.2, 0) is 39.0 Å². The first kappa shape index (κ1) is 90.7. The summed E-state index contributed by atoms with van der Waals surface area (Å²) in [4.78, 5) is 0. The maximum Gasteiger partial charge on any atom is 1.00 e. The average Bonchev–Trinajstić information content (AvgIpc) is 0.854. The van der Waals surface area contributed by atoms with Crippen molar-refractivity contribution >= 4 is 143 Å². The molecule has 117 heavy (non-hydrogen) atoms. The van der Waals surface area contributed by atoms with E-state index in [1.807, 2.05) is 0 Å². The van der Waals surface area contributed by atoms with Crippen LogP contribution in [0.4, 0.5) is 0 Å². The van der Waals surface area contributed by atoms with Gasteiger partial charge in [-0.1, -0.05) is 546 Å². The molecule has 0 aliphatic rings. The van der Waals surface area contributed by atoms with Crippen molar-refractivity contribution in [2.75, 3.05) is 0 Å². The van der Waals surface area contributed by atoms with Crippen molar-refractivity contribution < 1.29 is 91.8 Å².